The van der Waals surface area contributed by atoms with Crippen LogP contribution in [0.25, 0.3) is 0 Å². The molecule has 2 heteroatoms. The molecule has 1 unspecified atom stereocenters. The number of hydrogen-bond donors (Lipinski definition) is 0. The van der Waals surface area contributed by atoms with Crippen LogP contribution in [-0.4, -0.2) is 0 Å². The van der Waals surface area contributed by atoms with Gasteiger partial charge in [-0.15, -0.1) is 0 Å². The summed E-state index contributed by atoms with van der Waals surface area (Å²) in [5, 5.41) is 9.12. The zero-order valence-electron chi connectivity index (χ0n) is 8.71. The Labute approximate surface area is 84.2 Å². The molecule has 0 aliphatic heterocycles. The fourth-order valence-electron chi connectivity index (χ4n) is 1.38. The number of nitriles is 1. The fourth-order valence-corrected chi connectivity index (χ4v) is 1.38. The molecule has 0 aliphatic rings. The summed E-state index contributed by atoms with van der Waals surface area (Å²) in [5.41, 5.74) is -0.261. The Hall–Kier alpha value is -1.36. The van der Waals surface area contributed by atoms with Gasteiger partial charge in [0.25, 0.3) is 0 Å². The number of rotatable bonds is 2. The molecule has 1 rings (SSSR count). The van der Waals surface area contributed by atoms with Crippen molar-refractivity contribution in [2.75, 3.05) is 0 Å². The van der Waals surface area contributed by atoms with Crippen LogP contribution in [0.3, 0.4) is 0 Å². The van der Waals surface area contributed by atoms with E-state index < -0.39 is 5.41 Å². The molecular weight excluding hydrogens is 177 g/mol. The van der Waals surface area contributed by atoms with Crippen molar-refractivity contribution in [3.05, 3.63) is 35.6 Å². The first-order chi connectivity index (χ1) is 6.52. The quantitative estimate of drug-likeness (QED) is 0.703. The maximum atomic E-state index is 13.5. The first-order valence-electron chi connectivity index (χ1n) is 4.68. The first-order valence-corrected chi connectivity index (χ1v) is 4.68. The molecule has 1 nitrogen and oxygen atoms in total. The minimum Gasteiger partial charge on any atom is -0.207 e. The van der Waals surface area contributed by atoms with Gasteiger partial charge in [0, 0.05) is 5.56 Å². The molecule has 74 valence electrons. The molecule has 0 amide bonds. The third kappa shape index (κ3) is 1.63. The minimum atomic E-state index is -0.745. The SMILES string of the molecule is CC(C)C(C)(C#N)c1ccccc1F. The Morgan fingerprint density at radius 2 is 1.93 bits per heavy atom. The second kappa shape index (κ2) is 3.79. The van der Waals surface area contributed by atoms with Gasteiger partial charge in [-0.2, -0.15) is 5.26 Å². The summed E-state index contributed by atoms with van der Waals surface area (Å²) in [6, 6.07) is 8.67. The van der Waals surface area contributed by atoms with E-state index in [1.165, 1.54) is 6.07 Å². The second-order valence-electron chi connectivity index (χ2n) is 3.95. The van der Waals surface area contributed by atoms with E-state index in [9.17, 15) is 4.39 Å². The highest BCUT2D eigenvalue weighted by Crippen LogP contribution is 2.32. The zero-order valence-corrected chi connectivity index (χ0v) is 8.71. The van der Waals surface area contributed by atoms with Crippen molar-refractivity contribution in [1.82, 2.24) is 0 Å². The van der Waals surface area contributed by atoms with Crippen molar-refractivity contribution >= 4 is 0 Å². The molecule has 0 aromatic heterocycles. The topological polar surface area (TPSA) is 23.8 Å². The molecule has 1 aromatic rings. The van der Waals surface area contributed by atoms with Crippen molar-refractivity contribution in [2.45, 2.75) is 26.2 Å². The van der Waals surface area contributed by atoms with Crippen molar-refractivity contribution < 1.29 is 4.39 Å². The average molecular weight is 191 g/mol. The van der Waals surface area contributed by atoms with Crippen molar-refractivity contribution in [3.8, 4) is 6.07 Å². The van der Waals surface area contributed by atoms with Crippen LogP contribution in [0.1, 0.15) is 26.3 Å². The van der Waals surface area contributed by atoms with Gasteiger partial charge in [-0.3, -0.25) is 0 Å². The van der Waals surface area contributed by atoms with Crippen LogP contribution in [0, 0.1) is 23.1 Å². The van der Waals surface area contributed by atoms with Gasteiger partial charge in [-0.1, -0.05) is 32.0 Å². The molecule has 0 aliphatic carbocycles. The van der Waals surface area contributed by atoms with Crippen LogP contribution in [0.4, 0.5) is 4.39 Å². The van der Waals surface area contributed by atoms with E-state index >= 15 is 0 Å². The maximum Gasteiger partial charge on any atom is 0.128 e. The lowest BCUT2D eigenvalue weighted by Crippen LogP contribution is -2.27. The zero-order chi connectivity index (χ0) is 10.8. The van der Waals surface area contributed by atoms with Gasteiger partial charge >= 0.3 is 0 Å². The molecule has 0 fully saturated rings. The van der Waals surface area contributed by atoms with E-state index in [-0.39, 0.29) is 11.7 Å². The van der Waals surface area contributed by atoms with Gasteiger partial charge in [0.2, 0.25) is 0 Å². The number of hydrogen-bond acceptors (Lipinski definition) is 1. The Morgan fingerprint density at radius 1 is 1.36 bits per heavy atom. The molecule has 1 aromatic carbocycles. The molecule has 1 atom stereocenters. The van der Waals surface area contributed by atoms with Crippen LogP contribution < -0.4 is 0 Å². The van der Waals surface area contributed by atoms with Gasteiger partial charge in [0.05, 0.1) is 11.5 Å². The fraction of sp³-hybridized carbons (Fsp3) is 0.417. The number of halogens is 1. The van der Waals surface area contributed by atoms with E-state index in [0.29, 0.717) is 5.56 Å². The summed E-state index contributed by atoms with van der Waals surface area (Å²) in [7, 11) is 0. The van der Waals surface area contributed by atoms with E-state index in [0.717, 1.165) is 0 Å². The molecule has 0 bridgehead atoms. The van der Waals surface area contributed by atoms with Crippen molar-refractivity contribution in [2.24, 2.45) is 5.92 Å². The third-order valence-corrected chi connectivity index (χ3v) is 2.82. The third-order valence-electron chi connectivity index (χ3n) is 2.82. The molecule has 0 N–H and O–H groups in total. The summed E-state index contributed by atoms with van der Waals surface area (Å²) in [4.78, 5) is 0. The van der Waals surface area contributed by atoms with Crippen LogP contribution in [0.2, 0.25) is 0 Å². The van der Waals surface area contributed by atoms with Gasteiger partial charge in [-0.25, -0.2) is 4.39 Å². The highest BCUT2D eigenvalue weighted by Gasteiger charge is 2.32. The second-order valence-corrected chi connectivity index (χ2v) is 3.95. The lowest BCUT2D eigenvalue weighted by Gasteiger charge is -2.26. The molecule has 0 spiro atoms. The first kappa shape index (κ1) is 10.7. The van der Waals surface area contributed by atoms with Gasteiger partial charge in [0.15, 0.2) is 0 Å². The van der Waals surface area contributed by atoms with E-state index in [2.05, 4.69) is 6.07 Å². The molecule has 0 saturated carbocycles. The van der Waals surface area contributed by atoms with Gasteiger partial charge in [0.1, 0.15) is 5.82 Å². The largest absolute Gasteiger partial charge is 0.207 e. The molecule has 0 saturated heterocycles. The van der Waals surface area contributed by atoms with Crippen LogP contribution >= 0.6 is 0 Å². The van der Waals surface area contributed by atoms with Crippen molar-refractivity contribution in [3.63, 3.8) is 0 Å². The monoisotopic (exact) mass is 191 g/mol. The van der Waals surface area contributed by atoms with E-state index in [1.807, 2.05) is 13.8 Å². The molecular formula is C12H14FN. The van der Waals surface area contributed by atoms with Gasteiger partial charge in [-0.05, 0) is 18.9 Å². The highest BCUT2D eigenvalue weighted by molar-refractivity contribution is 5.33. The summed E-state index contributed by atoms with van der Waals surface area (Å²) < 4.78 is 13.5. The van der Waals surface area contributed by atoms with Crippen LogP contribution in [0.15, 0.2) is 24.3 Å². The molecule has 0 radical (unpaired) electrons. The highest BCUT2D eigenvalue weighted by atomic mass is 19.1. The van der Waals surface area contributed by atoms with Crippen LogP contribution in [0.5, 0.6) is 0 Å². The Balaban J connectivity index is 3.28. The van der Waals surface area contributed by atoms with Crippen LogP contribution in [-0.2, 0) is 5.41 Å². The van der Waals surface area contributed by atoms with Crippen molar-refractivity contribution in [1.29, 1.82) is 5.26 Å². The maximum absolute atomic E-state index is 13.5. The Kier molecular flexibility index (Phi) is 2.90. The predicted octanol–water partition coefficient (Wildman–Crippen LogP) is 3.26. The van der Waals surface area contributed by atoms with E-state index in [4.69, 9.17) is 5.26 Å². The normalized spacial score (nSPS) is 14.9. The summed E-state index contributed by atoms with van der Waals surface area (Å²) >= 11 is 0. The van der Waals surface area contributed by atoms with E-state index in [1.54, 1.807) is 25.1 Å². The lowest BCUT2D eigenvalue weighted by molar-refractivity contribution is 0.412. The standard InChI is InChI=1S/C12H14FN/c1-9(2)12(3,8-14)10-6-4-5-7-11(10)13/h4-7,9H,1-3H3. The molecule has 0 heterocycles. The summed E-state index contributed by atoms with van der Waals surface area (Å²) in [6.07, 6.45) is 0. The lowest BCUT2D eigenvalue weighted by atomic mass is 9.74. The summed E-state index contributed by atoms with van der Waals surface area (Å²) in [6.45, 7) is 5.63. The Bertz CT molecular complexity index is 365. The Morgan fingerprint density at radius 3 is 2.36 bits per heavy atom. The smallest absolute Gasteiger partial charge is 0.128 e. The minimum absolute atomic E-state index is 0.0874. The number of nitrogens with zero attached hydrogens (tertiary/aromatic N) is 1. The number of benzene rings is 1. The predicted molar refractivity (Wildman–Crippen MR) is 54.2 cm³/mol. The summed E-state index contributed by atoms with van der Waals surface area (Å²) in [5.74, 6) is -0.213. The average Bonchev–Trinajstić information content (AvgIpc) is 2.17. The molecule has 14 heavy (non-hydrogen) atoms. The van der Waals surface area contributed by atoms with Gasteiger partial charge < -0.3 is 0 Å².